The summed E-state index contributed by atoms with van der Waals surface area (Å²) in [7, 11) is 0. The Kier molecular flexibility index (Phi) is 6.13. The molecule has 0 unspecified atom stereocenters. The highest BCUT2D eigenvalue weighted by Crippen LogP contribution is 2.39. The third-order valence-electron chi connectivity index (χ3n) is 4.45. The average Bonchev–Trinajstić information content (AvgIpc) is 3.39. The standard InChI is InChI=1S/C19H26N4OS/c1-3-23-18(16-11-12-16)21-22-19(23)25-13-17(24)20-14(2)9-10-15-7-5-4-6-8-15/h4-8,14,16H,3,9-13H2,1-2H3,(H,20,24)/t14-/m1/s1. The molecule has 0 saturated heterocycles. The number of nitrogens with one attached hydrogen (secondary N) is 1. The van der Waals surface area contributed by atoms with E-state index in [0.29, 0.717) is 11.7 Å². The molecule has 6 heteroatoms. The lowest BCUT2D eigenvalue weighted by Gasteiger charge is -2.14. The minimum absolute atomic E-state index is 0.0594. The first-order valence-electron chi connectivity index (χ1n) is 9.06. The molecule has 1 aromatic heterocycles. The third kappa shape index (κ3) is 5.08. The van der Waals surface area contributed by atoms with Crippen molar-refractivity contribution in [3.05, 3.63) is 41.7 Å². The summed E-state index contributed by atoms with van der Waals surface area (Å²) in [6.07, 6.45) is 4.34. The van der Waals surface area contributed by atoms with Gasteiger partial charge in [-0.05, 0) is 45.1 Å². The van der Waals surface area contributed by atoms with Crippen LogP contribution in [0.5, 0.6) is 0 Å². The predicted octanol–water partition coefficient (Wildman–Crippen LogP) is 3.41. The fourth-order valence-corrected chi connectivity index (χ4v) is 3.71. The van der Waals surface area contributed by atoms with Crippen molar-refractivity contribution in [2.75, 3.05) is 5.75 Å². The van der Waals surface area contributed by atoms with Crippen LogP contribution in [-0.2, 0) is 17.8 Å². The van der Waals surface area contributed by atoms with Crippen molar-refractivity contribution in [3.8, 4) is 0 Å². The second-order valence-corrected chi connectivity index (χ2v) is 7.58. The van der Waals surface area contributed by atoms with Crippen LogP contribution >= 0.6 is 11.8 Å². The lowest BCUT2D eigenvalue weighted by Crippen LogP contribution is -2.34. The SMILES string of the molecule is CCn1c(SCC(=O)N[C@H](C)CCc2ccccc2)nnc1C1CC1. The van der Waals surface area contributed by atoms with E-state index in [1.807, 2.05) is 6.07 Å². The molecule has 25 heavy (non-hydrogen) atoms. The number of rotatable bonds is 9. The van der Waals surface area contributed by atoms with Gasteiger partial charge in [-0.3, -0.25) is 4.79 Å². The van der Waals surface area contributed by atoms with Crippen LogP contribution in [-0.4, -0.2) is 32.5 Å². The molecule has 1 atom stereocenters. The number of carbonyl (C=O) groups is 1. The third-order valence-corrected chi connectivity index (χ3v) is 5.42. The van der Waals surface area contributed by atoms with Gasteiger partial charge in [0.2, 0.25) is 5.91 Å². The fourth-order valence-electron chi connectivity index (χ4n) is 2.89. The van der Waals surface area contributed by atoms with Crippen molar-refractivity contribution < 1.29 is 4.79 Å². The van der Waals surface area contributed by atoms with E-state index in [1.54, 1.807) is 0 Å². The van der Waals surface area contributed by atoms with Gasteiger partial charge in [-0.25, -0.2) is 0 Å². The van der Waals surface area contributed by atoms with E-state index >= 15 is 0 Å². The van der Waals surface area contributed by atoms with Crippen LogP contribution in [0.25, 0.3) is 0 Å². The maximum Gasteiger partial charge on any atom is 0.230 e. The molecule has 0 radical (unpaired) electrons. The van der Waals surface area contributed by atoms with Gasteiger partial charge in [0.25, 0.3) is 0 Å². The van der Waals surface area contributed by atoms with Crippen LogP contribution in [0.2, 0.25) is 0 Å². The monoisotopic (exact) mass is 358 g/mol. The van der Waals surface area contributed by atoms with E-state index in [1.165, 1.54) is 30.2 Å². The molecule has 0 bridgehead atoms. The van der Waals surface area contributed by atoms with Gasteiger partial charge in [0.05, 0.1) is 5.75 Å². The smallest absolute Gasteiger partial charge is 0.230 e. The molecule has 1 fully saturated rings. The Bertz CT molecular complexity index is 697. The number of amides is 1. The minimum Gasteiger partial charge on any atom is -0.353 e. The Morgan fingerprint density at radius 1 is 1.32 bits per heavy atom. The van der Waals surface area contributed by atoms with E-state index < -0.39 is 0 Å². The molecule has 1 aliphatic rings. The van der Waals surface area contributed by atoms with Gasteiger partial charge in [0.15, 0.2) is 5.16 Å². The highest BCUT2D eigenvalue weighted by molar-refractivity contribution is 7.99. The maximum atomic E-state index is 12.2. The Morgan fingerprint density at radius 3 is 2.76 bits per heavy atom. The zero-order valence-corrected chi connectivity index (χ0v) is 15.8. The van der Waals surface area contributed by atoms with Crippen LogP contribution in [0.15, 0.2) is 35.5 Å². The van der Waals surface area contributed by atoms with Crippen LogP contribution in [0, 0.1) is 0 Å². The molecular formula is C19H26N4OS. The van der Waals surface area contributed by atoms with Gasteiger partial charge >= 0.3 is 0 Å². The van der Waals surface area contributed by atoms with Crippen molar-refractivity contribution in [3.63, 3.8) is 0 Å². The normalized spacial score (nSPS) is 15.1. The number of carbonyl (C=O) groups excluding carboxylic acids is 1. The summed E-state index contributed by atoms with van der Waals surface area (Å²) in [5.74, 6) is 2.11. The second-order valence-electron chi connectivity index (χ2n) is 6.64. The first kappa shape index (κ1) is 18.0. The molecule has 1 N–H and O–H groups in total. The van der Waals surface area contributed by atoms with Crippen LogP contribution in [0.4, 0.5) is 0 Å². The molecule has 1 heterocycles. The first-order valence-corrected chi connectivity index (χ1v) is 10.0. The Balaban J connectivity index is 1.43. The molecule has 134 valence electrons. The van der Waals surface area contributed by atoms with E-state index in [-0.39, 0.29) is 11.9 Å². The summed E-state index contributed by atoms with van der Waals surface area (Å²) in [4.78, 5) is 12.2. The van der Waals surface area contributed by atoms with Crippen molar-refractivity contribution in [2.24, 2.45) is 0 Å². The summed E-state index contributed by atoms with van der Waals surface area (Å²) in [5, 5.41) is 12.5. The summed E-state index contributed by atoms with van der Waals surface area (Å²) < 4.78 is 2.15. The van der Waals surface area contributed by atoms with E-state index in [4.69, 9.17) is 0 Å². The molecule has 0 spiro atoms. The number of aryl methyl sites for hydroxylation is 1. The van der Waals surface area contributed by atoms with Gasteiger partial charge in [0.1, 0.15) is 5.82 Å². The zero-order chi connectivity index (χ0) is 17.6. The summed E-state index contributed by atoms with van der Waals surface area (Å²) in [6.45, 7) is 5.02. The Morgan fingerprint density at radius 2 is 2.08 bits per heavy atom. The topological polar surface area (TPSA) is 59.8 Å². The minimum atomic E-state index is 0.0594. The van der Waals surface area contributed by atoms with Crippen molar-refractivity contribution in [2.45, 2.75) is 63.2 Å². The highest BCUT2D eigenvalue weighted by Gasteiger charge is 2.30. The molecule has 1 saturated carbocycles. The van der Waals surface area contributed by atoms with Gasteiger partial charge in [0, 0.05) is 18.5 Å². The molecular weight excluding hydrogens is 332 g/mol. The molecule has 2 aromatic rings. The van der Waals surface area contributed by atoms with E-state index in [0.717, 1.165) is 30.4 Å². The van der Waals surface area contributed by atoms with Crippen molar-refractivity contribution in [1.29, 1.82) is 0 Å². The molecule has 1 aliphatic carbocycles. The van der Waals surface area contributed by atoms with Crippen LogP contribution in [0.1, 0.15) is 50.4 Å². The number of benzene rings is 1. The van der Waals surface area contributed by atoms with Crippen LogP contribution in [0.3, 0.4) is 0 Å². The zero-order valence-electron chi connectivity index (χ0n) is 14.9. The second kappa shape index (κ2) is 8.52. The van der Waals surface area contributed by atoms with Gasteiger partial charge in [-0.2, -0.15) is 0 Å². The fraction of sp³-hybridized carbons (Fsp3) is 0.526. The number of nitrogens with zero attached hydrogens (tertiary/aromatic N) is 3. The number of hydrogen-bond acceptors (Lipinski definition) is 4. The average molecular weight is 359 g/mol. The number of aromatic nitrogens is 3. The molecule has 1 aromatic carbocycles. The molecule has 0 aliphatic heterocycles. The lowest BCUT2D eigenvalue weighted by molar-refractivity contribution is -0.119. The number of thioether (sulfide) groups is 1. The van der Waals surface area contributed by atoms with Crippen molar-refractivity contribution >= 4 is 17.7 Å². The van der Waals surface area contributed by atoms with Crippen LogP contribution < -0.4 is 5.32 Å². The maximum absolute atomic E-state index is 12.2. The molecule has 5 nitrogen and oxygen atoms in total. The highest BCUT2D eigenvalue weighted by atomic mass is 32.2. The predicted molar refractivity (Wildman–Crippen MR) is 101 cm³/mol. The number of hydrogen-bond donors (Lipinski definition) is 1. The molecule has 3 rings (SSSR count). The van der Waals surface area contributed by atoms with Gasteiger partial charge in [-0.1, -0.05) is 42.1 Å². The molecule has 1 amide bonds. The Hall–Kier alpha value is -1.82. The quantitative estimate of drug-likeness (QED) is 0.698. The van der Waals surface area contributed by atoms with Crippen molar-refractivity contribution in [1.82, 2.24) is 20.1 Å². The first-order chi connectivity index (χ1) is 12.2. The van der Waals surface area contributed by atoms with E-state index in [9.17, 15) is 4.79 Å². The van der Waals surface area contributed by atoms with Gasteiger partial charge in [-0.15, -0.1) is 10.2 Å². The van der Waals surface area contributed by atoms with E-state index in [2.05, 4.69) is 58.2 Å². The summed E-state index contributed by atoms with van der Waals surface area (Å²) >= 11 is 1.48. The lowest BCUT2D eigenvalue weighted by atomic mass is 10.1. The Labute approximate surface area is 153 Å². The largest absolute Gasteiger partial charge is 0.353 e. The summed E-state index contributed by atoms with van der Waals surface area (Å²) in [5.41, 5.74) is 1.31. The van der Waals surface area contributed by atoms with Gasteiger partial charge < -0.3 is 9.88 Å². The summed E-state index contributed by atoms with van der Waals surface area (Å²) in [6, 6.07) is 10.5.